The minimum atomic E-state index is 0.409. The molecule has 0 aliphatic carbocycles. The summed E-state index contributed by atoms with van der Waals surface area (Å²) in [6.07, 6.45) is 4.68. The molecular weight excluding hydrogens is 234 g/mol. The molecule has 19 heavy (non-hydrogen) atoms. The van der Waals surface area contributed by atoms with Crippen molar-refractivity contribution >= 4 is 0 Å². The number of hydrogen-bond donors (Lipinski definition) is 1. The summed E-state index contributed by atoms with van der Waals surface area (Å²) in [7, 11) is 0. The molecule has 104 valence electrons. The average molecular weight is 259 g/mol. The maximum atomic E-state index is 5.93. The lowest BCUT2D eigenvalue weighted by molar-refractivity contribution is 0.0962. The third-order valence-electron chi connectivity index (χ3n) is 4.92. The summed E-state index contributed by atoms with van der Waals surface area (Å²) in [6, 6.07) is 5.61. The molecule has 0 aromatic heterocycles. The fourth-order valence-corrected chi connectivity index (χ4v) is 3.67. The molecule has 0 saturated carbocycles. The van der Waals surface area contributed by atoms with Crippen molar-refractivity contribution in [3.05, 3.63) is 34.4 Å². The SMILES string of the molecule is Cc1cc(C)c(C(C)NC2CC3CCC2O3)cc1C. The van der Waals surface area contributed by atoms with Gasteiger partial charge in [-0.05, 0) is 69.2 Å². The van der Waals surface area contributed by atoms with E-state index in [0.29, 0.717) is 24.3 Å². The van der Waals surface area contributed by atoms with Crippen LogP contribution in [0.3, 0.4) is 0 Å². The number of ether oxygens (including phenoxy) is 1. The highest BCUT2D eigenvalue weighted by Crippen LogP contribution is 2.35. The highest BCUT2D eigenvalue weighted by molar-refractivity contribution is 5.38. The van der Waals surface area contributed by atoms with Crippen molar-refractivity contribution in [2.45, 2.75) is 71.2 Å². The minimum absolute atomic E-state index is 0.409. The van der Waals surface area contributed by atoms with Crippen molar-refractivity contribution in [2.75, 3.05) is 0 Å². The van der Waals surface area contributed by atoms with Gasteiger partial charge in [0.25, 0.3) is 0 Å². The fraction of sp³-hybridized carbons (Fsp3) is 0.647. The van der Waals surface area contributed by atoms with Gasteiger partial charge in [0.15, 0.2) is 0 Å². The Labute approximate surface area is 116 Å². The average Bonchev–Trinajstić information content (AvgIpc) is 2.95. The Morgan fingerprint density at radius 2 is 1.84 bits per heavy atom. The predicted molar refractivity (Wildman–Crippen MR) is 78.5 cm³/mol. The summed E-state index contributed by atoms with van der Waals surface area (Å²) >= 11 is 0. The van der Waals surface area contributed by atoms with Crippen LogP contribution in [0.4, 0.5) is 0 Å². The first kappa shape index (κ1) is 13.1. The Balaban J connectivity index is 1.73. The lowest BCUT2D eigenvalue weighted by atomic mass is 9.92. The number of benzene rings is 1. The van der Waals surface area contributed by atoms with Crippen molar-refractivity contribution in [1.29, 1.82) is 0 Å². The van der Waals surface area contributed by atoms with Crippen molar-refractivity contribution in [3.63, 3.8) is 0 Å². The summed E-state index contributed by atoms with van der Waals surface area (Å²) in [4.78, 5) is 0. The smallest absolute Gasteiger partial charge is 0.0733 e. The van der Waals surface area contributed by atoms with Gasteiger partial charge in [-0.15, -0.1) is 0 Å². The van der Waals surface area contributed by atoms with Gasteiger partial charge in [-0.2, -0.15) is 0 Å². The first-order chi connectivity index (χ1) is 9.04. The van der Waals surface area contributed by atoms with Gasteiger partial charge in [0.1, 0.15) is 0 Å². The maximum absolute atomic E-state index is 5.93. The Morgan fingerprint density at radius 3 is 2.47 bits per heavy atom. The molecule has 2 aliphatic heterocycles. The zero-order valence-corrected chi connectivity index (χ0v) is 12.5. The van der Waals surface area contributed by atoms with E-state index < -0.39 is 0 Å². The van der Waals surface area contributed by atoms with Gasteiger partial charge in [-0.1, -0.05) is 12.1 Å². The van der Waals surface area contributed by atoms with E-state index in [2.05, 4.69) is 45.1 Å². The maximum Gasteiger partial charge on any atom is 0.0733 e. The lowest BCUT2D eigenvalue weighted by Crippen LogP contribution is -2.39. The van der Waals surface area contributed by atoms with Crippen LogP contribution in [0.2, 0.25) is 0 Å². The van der Waals surface area contributed by atoms with Crippen LogP contribution in [0.25, 0.3) is 0 Å². The van der Waals surface area contributed by atoms with E-state index in [4.69, 9.17) is 4.74 Å². The van der Waals surface area contributed by atoms with E-state index in [0.717, 1.165) is 0 Å². The Hall–Kier alpha value is -0.860. The van der Waals surface area contributed by atoms with E-state index in [9.17, 15) is 0 Å². The quantitative estimate of drug-likeness (QED) is 0.896. The molecule has 2 bridgehead atoms. The van der Waals surface area contributed by atoms with Gasteiger partial charge in [0.2, 0.25) is 0 Å². The zero-order chi connectivity index (χ0) is 13.6. The molecule has 4 atom stereocenters. The first-order valence-electron chi connectivity index (χ1n) is 7.54. The molecular formula is C17H25NO. The molecule has 2 saturated heterocycles. The standard InChI is InChI=1S/C17H25NO/c1-10-7-12(3)15(8-11(10)2)13(4)18-16-9-14-5-6-17(16)19-14/h7-8,13-14,16-18H,5-6,9H2,1-4H3. The number of nitrogens with one attached hydrogen (secondary N) is 1. The van der Waals surface area contributed by atoms with Crippen LogP contribution >= 0.6 is 0 Å². The van der Waals surface area contributed by atoms with Gasteiger partial charge in [0.05, 0.1) is 12.2 Å². The van der Waals surface area contributed by atoms with E-state index in [1.165, 1.54) is 41.5 Å². The largest absolute Gasteiger partial charge is 0.373 e. The number of fused-ring (bicyclic) bond motifs is 2. The minimum Gasteiger partial charge on any atom is -0.373 e. The highest BCUT2D eigenvalue weighted by Gasteiger charge is 2.41. The van der Waals surface area contributed by atoms with Crippen molar-refractivity contribution in [1.82, 2.24) is 5.32 Å². The predicted octanol–water partition coefficient (Wildman–Crippen LogP) is 3.58. The molecule has 1 aromatic carbocycles. The topological polar surface area (TPSA) is 21.3 Å². The van der Waals surface area contributed by atoms with Crippen molar-refractivity contribution in [3.8, 4) is 0 Å². The van der Waals surface area contributed by atoms with Crippen LogP contribution in [0.15, 0.2) is 12.1 Å². The summed E-state index contributed by atoms with van der Waals surface area (Å²) in [6.45, 7) is 8.89. The molecule has 1 aromatic rings. The molecule has 4 unspecified atom stereocenters. The number of aryl methyl sites for hydroxylation is 3. The van der Waals surface area contributed by atoms with Crippen molar-refractivity contribution < 1.29 is 4.74 Å². The molecule has 3 rings (SSSR count). The second-order valence-corrected chi connectivity index (χ2v) is 6.40. The highest BCUT2D eigenvalue weighted by atomic mass is 16.5. The lowest BCUT2D eigenvalue weighted by Gasteiger charge is -2.26. The van der Waals surface area contributed by atoms with Gasteiger partial charge >= 0.3 is 0 Å². The van der Waals surface area contributed by atoms with Crippen LogP contribution in [0.5, 0.6) is 0 Å². The normalized spacial score (nSPS) is 30.8. The van der Waals surface area contributed by atoms with E-state index in [-0.39, 0.29) is 0 Å². The number of rotatable bonds is 3. The second-order valence-electron chi connectivity index (χ2n) is 6.40. The molecule has 2 aliphatic rings. The van der Waals surface area contributed by atoms with Crippen LogP contribution < -0.4 is 5.32 Å². The molecule has 2 heterocycles. The summed E-state index contributed by atoms with van der Waals surface area (Å²) in [5, 5.41) is 3.79. The number of hydrogen-bond acceptors (Lipinski definition) is 2. The molecule has 0 amide bonds. The third-order valence-corrected chi connectivity index (χ3v) is 4.92. The molecule has 0 radical (unpaired) electrons. The van der Waals surface area contributed by atoms with Gasteiger partial charge in [0, 0.05) is 12.1 Å². The summed E-state index contributed by atoms with van der Waals surface area (Å²) in [5.41, 5.74) is 5.60. The fourth-order valence-electron chi connectivity index (χ4n) is 3.67. The molecule has 2 heteroatoms. The second kappa shape index (κ2) is 4.92. The van der Waals surface area contributed by atoms with Gasteiger partial charge in [-0.25, -0.2) is 0 Å². The monoisotopic (exact) mass is 259 g/mol. The first-order valence-corrected chi connectivity index (χ1v) is 7.54. The van der Waals surface area contributed by atoms with E-state index in [1.807, 2.05) is 0 Å². The summed E-state index contributed by atoms with van der Waals surface area (Å²) < 4.78 is 5.93. The van der Waals surface area contributed by atoms with Gasteiger partial charge < -0.3 is 10.1 Å². The molecule has 1 N–H and O–H groups in total. The van der Waals surface area contributed by atoms with E-state index >= 15 is 0 Å². The third kappa shape index (κ3) is 2.44. The van der Waals surface area contributed by atoms with Crippen LogP contribution in [-0.2, 0) is 4.74 Å². The summed E-state index contributed by atoms with van der Waals surface area (Å²) in [5.74, 6) is 0. The Morgan fingerprint density at radius 1 is 1.11 bits per heavy atom. The van der Waals surface area contributed by atoms with Crippen LogP contribution in [-0.4, -0.2) is 18.2 Å². The van der Waals surface area contributed by atoms with Crippen molar-refractivity contribution in [2.24, 2.45) is 0 Å². The van der Waals surface area contributed by atoms with Crippen LogP contribution in [0, 0.1) is 20.8 Å². The molecule has 2 nitrogen and oxygen atoms in total. The zero-order valence-electron chi connectivity index (χ0n) is 12.5. The van der Waals surface area contributed by atoms with Crippen LogP contribution in [0.1, 0.15) is 54.5 Å². The van der Waals surface area contributed by atoms with E-state index in [1.54, 1.807) is 0 Å². The Kier molecular flexibility index (Phi) is 3.40. The molecule has 2 fully saturated rings. The van der Waals surface area contributed by atoms with Gasteiger partial charge in [-0.3, -0.25) is 0 Å². The Bertz CT molecular complexity index is 482. The molecule has 0 spiro atoms.